The van der Waals surface area contributed by atoms with E-state index in [4.69, 9.17) is 22.9 Å². The van der Waals surface area contributed by atoms with Crippen LogP contribution in [-0.4, -0.2) is 24.4 Å². The van der Waals surface area contributed by atoms with Crippen molar-refractivity contribution in [1.29, 1.82) is 0 Å². The van der Waals surface area contributed by atoms with E-state index in [-0.39, 0.29) is 12.1 Å². The maximum absolute atomic E-state index is 5.36. The molecule has 0 aliphatic rings. The van der Waals surface area contributed by atoms with Crippen LogP contribution in [0.3, 0.4) is 0 Å². The van der Waals surface area contributed by atoms with Gasteiger partial charge in [0.1, 0.15) is 0 Å². The zero-order valence-corrected chi connectivity index (χ0v) is 7.51. The minimum Gasteiger partial charge on any atom is -0.314 e. The fourth-order valence-corrected chi connectivity index (χ4v) is 0.364. The van der Waals surface area contributed by atoms with Gasteiger partial charge in [-0.2, -0.15) is 10.2 Å². The first-order chi connectivity index (χ1) is 5.45. The summed E-state index contributed by atoms with van der Waals surface area (Å²) in [7, 11) is 0. The third-order valence-electron chi connectivity index (χ3n) is 1.55. The van der Waals surface area contributed by atoms with E-state index in [0.717, 1.165) is 0 Å². The van der Waals surface area contributed by atoms with Crippen molar-refractivity contribution in [3.8, 4) is 0 Å². The third kappa shape index (κ3) is 4.35. The van der Waals surface area contributed by atoms with Gasteiger partial charge >= 0.3 is 0 Å². The first kappa shape index (κ1) is 11.4. The van der Waals surface area contributed by atoms with Crippen LogP contribution < -0.4 is 22.9 Å². The SMILES string of the molecule is CC(N=NC(C)C(N)N)C(N)N. The average molecular weight is 174 g/mol. The van der Waals surface area contributed by atoms with E-state index in [1.807, 2.05) is 0 Å². The minimum atomic E-state index is -0.491. The van der Waals surface area contributed by atoms with Crippen LogP contribution >= 0.6 is 0 Å². The Morgan fingerprint density at radius 2 is 1.00 bits per heavy atom. The highest BCUT2D eigenvalue weighted by molar-refractivity contribution is 4.71. The number of rotatable bonds is 4. The van der Waals surface area contributed by atoms with Gasteiger partial charge in [0.25, 0.3) is 0 Å². The molecule has 72 valence electrons. The van der Waals surface area contributed by atoms with Crippen LogP contribution in [0.15, 0.2) is 10.2 Å². The topological polar surface area (TPSA) is 129 Å². The second-order valence-electron chi connectivity index (χ2n) is 2.87. The molecule has 0 aromatic heterocycles. The van der Waals surface area contributed by atoms with Gasteiger partial charge in [-0.25, -0.2) is 0 Å². The number of nitrogens with two attached hydrogens (primary N) is 4. The molecule has 0 aromatic rings. The molecule has 0 bridgehead atoms. The summed E-state index contributed by atoms with van der Waals surface area (Å²) in [5.74, 6) is 0. The van der Waals surface area contributed by atoms with Crippen molar-refractivity contribution < 1.29 is 0 Å². The van der Waals surface area contributed by atoms with Gasteiger partial charge in [0.15, 0.2) is 0 Å². The predicted molar refractivity (Wildman–Crippen MR) is 48.1 cm³/mol. The molecule has 6 nitrogen and oxygen atoms in total. The number of azo groups is 1. The molecule has 2 atom stereocenters. The Labute approximate surface area is 72.4 Å². The summed E-state index contributed by atoms with van der Waals surface area (Å²) in [6.07, 6.45) is -0.982. The monoisotopic (exact) mass is 174 g/mol. The van der Waals surface area contributed by atoms with Gasteiger partial charge in [0.05, 0.1) is 24.4 Å². The van der Waals surface area contributed by atoms with E-state index >= 15 is 0 Å². The highest BCUT2D eigenvalue weighted by atomic mass is 15.2. The molecule has 0 rings (SSSR count). The van der Waals surface area contributed by atoms with Crippen LogP contribution in [0.5, 0.6) is 0 Å². The molecule has 12 heavy (non-hydrogen) atoms. The Hall–Kier alpha value is -0.560. The lowest BCUT2D eigenvalue weighted by Gasteiger charge is -2.12. The van der Waals surface area contributed by atoms with Crippen LogP contribution in [0.2, 0.25) is 0 Å². The smallest absolute Gasteiger partial charge is 0.0960 e. The molecule has 0 saturated carbocycles. The van der Waals surface area contributed by atoms with E-state index in [1.165, 1.54) is 0 Å². The maximum Gasteiger partial charge on any atom is 0.0960 e. The molecule has 2 unspecified atom stereocenters. The molecular weight excluding hydrogens is 156 g/mol. The largest absolute Gasteiger partial charge is 0.314 e. The normalized spacial score (nSPS) is 17.7. The maximum atomic E-state index is 5.36. The molecular formula is C6H18N6. The fraction of sp³-hybridized carbons (Fsp3) is 1.00. The molecule has 0 aromatic carbocycles. The van der Waals surface area contributed by atoms with E-state index in [9.17, 15) is 0 Å². The second kappa shape index (κ2) is 5.15. The molecule has 0 aliphatic carbocycles. The van der Waals surface area contributed by atoms with Crippen LogP contribution in [0.25, 0.3) is 0 Å². The van der Waals surface area contributed by atoms with Gasteiger partial charge in [-0.3, -0.25) is 0 Å². The van der Waals surface area contributed by atoms with Crippen molar-refractivity contribution >= 4 is 0 Å². The summed E-state index contributed by atoms with van der Waals surface area (Å²) in [5, 5.41) is 7.72. The van der Waals surface area contributed by atoms with Gasteiger partial charge in [0.2, 0.25) is 0 Å². The summed E-state index contributed by atoms with van der Waals surface area (Å²) in [6.45, 7) is 3.56. The molecule has 0 radical (unpaired) electrons. The lowest BCUT2D eigenvalue weighted by Crippen LogP contribution is -2.41. The van der Waals surface area contributed by atoms with Crippen LogP contribution in [0.1, 0.15) is 13.8 Å². The first-order valence-electron chi connectivity index (χ1n) is 3.87. The summed E-state index contributed by atoms with van der Waals surface area (Å²) >= 11 is 0. The van der Waals surface area contributed by atoms with Crippen LogP contribution in [0.4, 0.5) is 0 Å². The Balaban J connectivity index is 3.89. The Bertz CT molecular complexity index is 127. The molecule has 8 N–H and O–H groups in total. The molecule has 6 heteroatoms. The van der Waals surface area contributed by atoms with Crippen molar-refractivity contribution in [3.63, 3.8) is 0 Å². The number of hydrogen-bond acceptors (Lipinski definition) is 6. The van der Waals surface area contributed by atoms with Crippen LogP contribution in [-0.2, 0) is 0 Å². The van der Waals surface area contributed by atoms with Crippen molar-refractivity contribution in [3.05, 3.63) is 0 Å². The van der Waals surface area contributed by atoms with E-state index in [1.54, 1.807) is 13.8 Å². The van der Waals surface area contributed by atoms with Gasteiger partial charge in [-0.05, 0) is 13.8 Å². The second-order valence-corrected chi connectivity index (χ2v) is 2.87. The molecule has 0 aliphatic heterocycles. The van der Waals surface area contributed by atoms with E-state index in [2.05, 4.69) is 10.2 Å². The van der Waals surface area contributed by atoms with Gasteiger partial charge in [-0.1, -0.05) is 0 Å². The predicted octanol–water partition coefficient (Wildman–Crippen LogP) is -1.30. The number of hydrogen-bond donors (Lipinski definition) is 4. The molecule has 0 fully saturated rings. The summed E-state index contributed by atoms with van der Waals surface area (Å²) in [4.78, 5) is 0. The lowest BCUT2D eigenvalue weighted by molar-refractivity contribution is 0.501. The summed E-state index contributed by atoms with van der Waals surface area (Å²) < 4.78 is 0. The Morgan fingerprint density at radius 1 is 0.750 bits per heavy atom. The summed E-state index contributed by atoms with van der Waals surface area (Å²) in [6, 6.07) is -0.405. The zero-order chi connectivity index (χ0) is 9.72. The van der Waals surface area contributed by atoms with Gasteiger partial charge < -0.3 is 22.9 Å². The van der Waals surface area contributed by atoms with Crippen molar-refractivity contribution in [2.75, 3.05) is 0 Å². The standard InChI is InChI=1S/C6H18N6/c1-3(5(7)8)11-12-4(2)6(9)10/h3-6H,7-10H2,1-2H3. The first-order valence-corrected chi connectivity index (χ1v) is 3.87. The minimum absolute atomic E-state index is 0.203. The third-order valence-corrected chi connectivity index (χ3v) is 1.55. The molecule has 0 spiro atoms. The van der Waals surface area contributed by atoms with E-state index in [0.29, 0.717) is 0 Å². The molecule has 0 heterocycles. The Kier molecular flexibility index (Phi) is 4.91. The van der Waals surface area contributed by atoms with Crippen molar-refractivity contribution in [2.24, 2.45) is 33.2 Å². The van der Waals surface area contributed by atoms with Gasteiger partial charge in [-0.15, -0.1) is 0 Å². The zero-order valence-electron chi connectivity index (χ0n) is 7.51. The van der Waals surface area contributed by atoms with Crippen LogP contribution in [0, 0.1) is 0 Å². The lowest BCUT2D eigenvalue weighted by atomic mass is 10.3. The molecule has 0 amide bonds. The average Bonchev–Trinajstić information content (AvgIpc) is 1.98. The Morgan fingerprint density at radius 3 is 1.17 bits per heavy atom. The van der Waals surface area contributed by atoms with E-state index < -0.39 is 12.3 Å². The quantitative estimate of drug-likeness (QED) is 0.312. The number of nitrogens with zero attached hydrogens (tertiary/aromatic N) is 2. The highest BCUT2D eigenvalue weighted by Gasteiger charge is 2.08. The van der Waals surface area contributed by atoms with Gasteiger partial charge in [0, 0.05) is 0 Å². The summed E-state index contributed by atoms with van der Waals surface area (Å²) in [5.41, 5.74) is 21.4. The highest BCUT2D eigenvalue weighted by Crippen LogP contribution is 1.96. The van der Waals surface area contributed by atoms with Crippen molar-refractivity contribution in [2.45, 2.75) is 38.3 Å². The fourth-order valence-electron chi connectivity index (χ4n) is 0.364. The van der Waals surface area contributed by atoms with Crippen molar-refractivity contribution in [1.82, 2.24) is 0 Å². The molecule has 0 saturated heterocycles.